The number of hydroxylamine groups is 2. The first-order valence-electron chi connectivity index (χ1n) is 14.9. The van der Waals surface area contributed by atoms with Gasteiger partial charge in [-0.1, -0.05) is 65.8 Å². The minimum Gasteiger partial charge on any atom is -0.463 e. The molecular formula is C32H30ClN5O11S. The number of esters is 3. The summed E-state index contributed by atoms with van der Waals surface area (Å²) in [5.74, 6) is -5.76. The Morgan fingerprint density at radius 3 is 2.30 bits per heavy atom. The van der Waals surface area contributed by atoms with E-state index in [1.807, 2.05) is 0 Å². The molecule has 2 N–H and O–H groups in total. The number of ether oxygens (including phenoxy) is 3. The number of hydrogen-bond donors (Lipinski definition) is 2. The zero-order valence-electron chi connectivity index (χ0n) is 26.6. The third-order valence-corrected chi connectivity index (χ3v) is 8.45. The van der Waals surface area contributed by atoms with E-state index in [1.54, 1.807) is 60.7 Å². The van der Waals surface area contributed by atoms with Crippen molar-refractivity contribution in [1.29, 1.82) is 0 Å². The van der Waals surface area contributed by atoms with Crippen LogP contribution in [0.15, 0.2) is 71.2 Å². The summed E-state index contributed by atoms with van der Waals surface area (Å²) < 4.78 is 16.7. The van der Waals surface area contributed by atoms with Crippen molar-refractivity contribution in [1.82, 2.24) is 15.4 Å². The third kappa shape index (κ3) is 7.59. The van der Waals surface area contributed by atoms with Gasteiger partial charge in [0, 0.05) is 18.7 Å². The molecular weight excluding hydrogens is 698 g/mol. The summed E-state index contributed by atoms with van der Waals surface area (Å²) in [4.78, 5) is 93.1. The van der Waals surface area contributed by atoms with Gasteiger partial charge in [-0.3, -0.25) is 28.8 Å². The van der Waals surface area contributed by atoms with Crippen LogP contribution in [0, 0.1) is 0 Å². The van der Waals surface area contributed by atoms with E-state index in [2.05, 4.69) is 20.8 Å². The van der Waals surface area contributed by atoms with Gasteiger partial charge in [0.1, 0.15) is 31.9 Å². The van der Waals surface area contributed by atoms with Crippen LogP contribution in [0.4, 0.5) is 5.13 Å². The molecule has 1 unspecified atom stereocenters. The monoisotopic (exact) mass is 727 g/mol. The number of benzene rings is 2. The van der Waals surface area contributed by atoms with Crippen LogP contribution in [0.25, 0.3) is 0 Å². The molecule has 18 heteroatoms. The Morgan fingerprint density at radius 1 is 1.08 bits per heavy atom. The van der Waals surface area contributed by atoms with Crippen LogP contribution in [0.1, 0.15) is 42.7 Å². The van der Waals surface area contributed by atoms with E-state index < -0.39 is 71.9 Å². The summed E-state index contributed by atoms with van der Waals surface area (Å²) in [6.45, 7) is -0.345. The van der Waals surface area contributed by atoms with Crippen LogP contribution in [0.3, 0.4) is 0 Å². The maximum atomic E-state index is 14.3. The molecule has 2 aliphatic rings. The van der Waals surface area contributed by atoms with Crippen LogP contribution >= 0.6 is 22.9 Å². The van der Waals surface area contributed by atoms with Gasteiger partial charge < -0.3 is 29.7 Å². The quantitative estimate of drug-likeness (QED) is 0.0857. The highest BCUT2D eigenvalue weighted by molar-refractivity contribution is 7.14. The van der Waals surface area contributed by atoms with Crippen LogP contribution in [-0.4, -0.2) is 88.9 Å². The first kappa shape index (κ1) is 35.9. The molecule has 3 amide bonds. The normalized spacial score (nSPS) is 20.3. The van der Waals surface area contributed by atoms with E-state index in [4.69, 9.17) is 35.5 Å². The smallest absolute Gasteiger partial charge is 0.376 e. The number of oxime groups is 1. The second-order valence-electron chi connectivity index (χ2n) is 10.9. The van der Waals surface area contributed by atoms with Crippen molar-refractivity contribution in [3.63, 3.8) is 0 Å². The number of amides is 3. The molecule has 0 bridgehead atoms. The second-order valence-corrected chi connectivity index (χ2v) is 12.0. The average Bonchev–Trinajstić information content (AvgIpc) is 3.83. The lowest BCUT2D eigenvalue weighted by Crippen LogP contribution is -2.64. The molecule has 262 valence electrons. The van der Waals surface area contributed by atoms with Gasteiger partial charge in [0.05, 0.1) is 6.42 Å². The zero-order chi connectivity index (χ0) is 35.9. The van der Waals surface area contributed by atoms with Crippen molar-refractivity contribution in [2.24, 2.45) is 5.16 Å². The van der Waals surface area contributed by atoms with Crippen molar-refractivity contribution in [2.75, 3.05) is 31.5 Å². The van der Waals surface area contributed by atoms with E-state index in [9.17, 15) is 28.8 Å². The Balaban J connectivity index is 1.46. The van der Waals surface area contributed by atoms with Gasteiger partial charge in [-0.2, -0.15) is 5.06 Å². The number of halogens is 1. The molecule has 0 aliphatic carbocycles. The van der Waals surface area contributed by atoms with Crippen molar-refractivity contribution in [3.05, 3.63) is 82.9 Å². The molecule has 50 heavy (non-hydrogen) atoms. The molecule has 2 aliphatic heterocycles. The molecule has 3 heterocycles. The highest BCUT2D eigenvalue weighted by atomic mass is 35.5. The lowest BCUT2D eigenvalue weighted by Gasteiger charge is -2.35. The molecule has 0 saturated carbocycles. The summed E-state index contributed by atoms with van der Waals surface area (Å²) in [6.07, 6.45) is -1.60. The van der Waals surface area contributed by atoms with E-state index in [0.29, 0.717) is 16.2 Å². The number of cyclic esters (lactones) is 1. The molecule has 16 nitrogen and oxygen atoms in total. The lowest BCUT2D eigenvalue weighted by atomic mass is 9.98. The van der Waals surface area contributed by atoms with E-state index in [0.717, 1.165) is 25.4 Å². The summed E-state index contributed by atoms with van der Waals surface area (Å²) in [5.41, 5.74) is -3.87. The van der Waals surface area contributed by atoms with Crippen molar-refractivity contribution < 1.29 is 52.7 Å². The van der Waals surface area contributed by atoms with Gasteiger partial charge in [0.2, 0.25) is 5.91 Å². The molecule has 2 saturated heterocycles. The maximum absolute atomic E-state index is 14.3. The van der Waals surface area contributed by atoms with Gasteiger partial charge in [-0.05, 0) is 11.1 Å². The summed E-state index contributed by atoms with van der Waals surface area (Å²) in [7, 11) is 1.16. The van der Waals surface area contributed by atoms with Gasteiger partial charge >= 0.3 is 23.6 Å². The van der Waals surface area contributed by atoms with Crippen LogP contribution in [-0.2, 0) is 52.7 Å². The number of aromatic nitrogens is 1. The van der Waals surface area contributed by atoms with Gasteiger partial charge in [-0.15, -0.1) is 22.9 Å². The second kappa shape index (κ2) is 15.4. The first-order chi connectivity index (χ1) is 24.0. The molecule has 2 aromatic carbocycles. The Kier molecular flexibility index (Phi) is 11.1. The first-order valence-corrected chi connectivity index (χ1v) is 16.3. The summed E-state index contributed by atoms with van der Waals surface area (Å²) in [5, 5.41) is 10.7. The summed E-state index contributed by atoms with van der Waals surface area (Å²) >= 11 is 6.50. The van der Waals surface area contributed by atoms with E-state index in [-0.39, 0.29) is 29.5 Å². The van der Waals surface area contributed by atoms with Gasteiger partial charge in [0.15, 0.2) is 22.5 Å². The van der Waals surface area contributed by atoms with E-state index >= 15 is 0 Å². The van der Waals surface area contributed by atoms with Gasteiger partial charge in [-0.25, -0.2) is 9.78 Å². The predicted octanol–water partition coefficient (Wildman–Crippen LogP) is 2.23. The minimum atomic E-state index is -2.41. The number of anilines is 1. The standard InChI is InChI=1S/C32H30ClN5O11S/c1-19(39)46-17-31(36-27(42)25(37-45-2)22-16-50-30(34-22)35-23(40)15-33)18-47-38(28(31)43)32(14-13-24(41)49-32)29(44)48-26(20-9-5-3-6-10-20)21-11-7-4-8-12-21/h3-12,16,26H,13-15,17-18H2,1-2H3,(H,36,42)(H,34,35,40)/b37-25-/t31-,32?/m0/s1. The number of thiazole rings is 1. The third-order valence-electron chi connectivity index (χ3n) is 7.45. The average molecular weight is 728 g/mol. The Labute approximate surface area is 293 Å². The Bertz CT molecular complexity index is 1770. The fraction of sp³-hybridized carbons (Fsp3) is 0.312. The Morgan fingerprint density at radius 2 is 1.74 bits per heavy atom. The Hall–Kier alpha value is -5.39. The number of carbonyl (C=O) groups is 6. The maximum Gasteiger partial charge on any atom is 0.376 e. The van der Waals surface area contributed by atoms with Crippen LogP contribution < -0.4 is 10.6 Å². The molecule has 5 rings (SSSR count). The number of nitrogens with zero attached hydrogens (tertiary/aromatic N) is 3. The van der Waals surface area contributed by atoms with Crippen molar-refractivity contribution in [3.8, 4) is 0 Å². The topological polar surface area (TPSA) is 201 Å². The number of carbonyl (C=O) groups excluding carboxylic acids is 6. The van der Waals surface area contributed by atoms with Crippen molar-refractivity contribution in [2.45, 2.75) is 37.1 Å². The fourth-order valence-electron chi connectivity index (χ4n) is 5.09. The summed E-state index contributed by atoms with van der Waals surface area (Å²) in [6, 6.07) is 17.6. The number of rotatable bonds is 13. The molecule has 0 spiro atoms. The highest BCUT2D eigenvalue weighted by Crippen LogP contribution is 2.39. The fourth-order valence-corrected chi connectivity index (χ4v) is 5.87. The molecule has 2 fully saturated rings. The predicted molar refractivity (Wildman–Crippen MR) is 174 cm³/mol. The van der Waals surface area contributed by atoms with Gasteiger partial charge in [0.25, 0.3) is 11.8 Å². The largest absolute Gasteiger partial charge is 0.463 e. The molecule has 3 aromatic rings. The molecule has 2 atom stereocenters. The lowest BCUT2D eigenvalue weighted by molar-refractivity contribution is -0.260. The molecule has 0 radical (unpaired) electrons. The number of nitrogens with one attached hydrogen (secondary N) is 2. The zero-order valence-corrected chi connectivity index (χ0v) is 28.2. The highest BCUT2D eigenvalue weighted by Gasteiger charge is 2.64. The van der Waals surface area contributed by atoms with Crippen LogP contribution in [0.5, 0.6) is 0 Å². The van der Waals surface area contributed by atoms with E-state index in [1.165, 1.54) is 5.38 Å². The van der Waals surface area contributed by atoms with Crippen molar-refractivity contribution >= 4 is 69.4 Å². The SMILES string of the molecule is CO/N=C(\C(=O)N[C@@]1(COC(C)=O)CON(C2(C(=O)OC(c3ccccc3)c3ccccc3)CCC(=O)O2)C1=O)c1csc(NC(=O)CCl)n1. The molecule has 1 aromatic heterocycles. The number of alkyl halides is 1. The van der Waals surface area contributed by atoms with Crippen LogP contribution in [0.2, 0.25) is 0 Å². The minimum absolute atomic E-state index is 0.0530. The number of hydrogen-bond acceptors (Lipinski definition) is 14.